The molecule has 0 aliphatic carbocycles. The number of amides is 2. The standard InChI is InChI=1S/C16H13Cl2FN2O2/c1-9-2-5-14(13(19)6-9)21-15(22)8-20-16(23)11-4-3-10(17)7-12(11)18/h2-7H,8H2,1H3,(H,20,23)(H,21,22). The highest BCUT2D eigenvalue weighted by molar-refractivity contribution is 6.36. The average molecular weight is 355 g/mol. The predicted octanol–water partition coefficient (Wildman–Crippen LogP) is 3.81. The fourth-order valence-corrected chi connectivity index (χ4v) is 2.34. The van der Waals surface area contributed by atoms with E-state index in [-0.39, 0.29) is 22.8 Å². The van der Waals surface area contributed by atoms with Gasteiger partial charge in [-0.3, -0.25) is 9.59 Å². The van der Waals surface area contributed by atoms with Gasteiger partial charge in [0.05, 0.1) is 22.8 Å². The van der Waals surface area contributed by atoms with Crippen molar-refractivity contribution in [1.82, 2.24) is 5.32 Å². The van der Waals surface area contributed by atoms with Gasteiger partial charge >= 0.3 is 0 Å². The van der Waals surface area contributed by atoms with Gasteiger partial charge in [-0.25, -0.2) is 4.39 Å². The minimum atomic E-state index is -0.550. The van der Waals surface area contributed by atoms with Crippen LogP contribution in [0.4, 0.5) is 10.1 Å². The number of anilines is 1. The molecule has 0 heterocycles. The lowest BCUT2D eigenvalue weighted by atomic mass is 10.2. The summed E-state index contributed by atoms with van der Waals surface area (Å²) in [6.07, 6.45) is 0. The normalized spacial score (nSPS) is 10.3. The molecular weight excluding hydrogens is 342 g/mol. The first-order valence-corrected chi connectivity index (χ1v) is 7.41. The van der Waals surface area contributed by atoms with Gasteiger partial charge < -0.3 is 10.6 Å². The smallest absolute Gasteiger partial charge is 0.253 e. The number of hydrogen-bond donors (Lipinski definition) is 2. The van der Waals surface area contributed by atoms with E-state index < -0.39 is 17.6 Å². The Kier molecular flexibility index (Phi) is 5.58. The van der Waals surface area contributed by atoms with E-state index in [9.17, 15) is 14.0 Å². The fourth-order valence-electron chi connectivity index (χ4n) is 1.85. The van der Waals surface area contributed by atoms with E-state index in [1.54, 1.807) is 13.0 Å². The van der Waals surface area contributed by atoms with E-state index in [1.165, 1.54) is 30.3 Å². The minimum Gasteiger partial charge on any atom is -0.343 e. The highest BCUT2D eigenvalue weighted by Crippen LogP contribution is 2.20. The average Bonchev–Trinajstić information content (AvgIpc) is 2.48. The molecule has 0 spiro atoms. The van der Waals surface area contributed by atoms with Crippen LogP contribution in [0.1, 0.15) is 15.9 Å². The molecule has 0 unspecified atom stereocenters. The van der Waals surface area contributed by atoms with Gasteiger partial charge in [-0.15, -0.1) is 0 Å². The monoisotopic (exact) mass is 354 g/mol. The van der Waals surface area contributed by atoms with E-state index in [0.29, 0.717) is 5.02 Å². The molecule has 0 atom stereocenters. The summed E-state index contributed by atoms with van der Waals surface area (Å²) in [6, 6.07) is 8.84. The van der Waals surface area contributed by atoms with Gasteiger partial charge in [0.2, 0.25) is 5.91 Å². The number of carbonyl (C=O) groups excluding carboxylic acids is 2. The van der Waals surface area contributed by atoms with Gasteiger partial charge in [0.15, 0.2) is 0 Å². The molecule has 4 nitrogen and oxygen atoms in total. The molecule has 2 aromatic rings. The third-order valence-electron chi connectivity index (χ3n) is 2.98. The molecule has 2 amide bonds. The van der Waals surface area contributed by atoms with E-state index in [4.69, 9.17) is 23.2 Å². The number of carbonyl (C=O) groups is 2. The maximum absolute atomic E-state index is 13.6. The van der Waals surface area contributed by atoms with Crippen molar-refractivity contribution in [3.63, 3.8) is 0 Å². The summed E-state index contributed by atoms with van der Waals surface area (Å²) in [4.78, 5) is 23.7. The van der Waals surface area contributed by atoms with Crippen LogP contribution in [0.25, 0.3) is 0 Å². The van der Waals surface area contributed by atoms with E-state index >= 15 is 0 Å². The van der Waals surface area contributed by atoms with Crippen molar-refractivity contribution >= 4 is 40.7 Å². The Morgan fingerprint density at radius 2 is 1.87 bits per heavy atom. The second-order valence-corrected chi connectivity index (χ2v) is 5.68. The van der Waals surface area contributed by atoms with Crippen molar-refractivity contribution in [1.29, 1.82) is 0 Å². The Labute approximate surface area is 142 Å². The summed E-state index contributed by atoms with van der Waals surface area (Å²) in [6.45, 7) is 1.43. The summed E-state index contributed by atoms with van der Waals surface area (Å²) in [5, 5.41) is 5.38. The topological polar surface area (TPSA) is 58.2 Å². The number of halogens is 3. The highest BCUT2D eigenvalue weighted by Gasteiger charge is 2.13. The second-order valence-electron chi connectivity index (χ2n) is 4.84. The van der Waals surface area contributed by atoms with Crippen LogP contribution in [0.3, 0.4) is 0 Å². The number of aryl methyl sites for hydroxylation is 1. The zero-order valence-electron chi connectivity index (χ0n) is 12.1. The molecule has 0 bridgehead atoms. The third kappa shape index (κ3) is 4.68. The molecule has 120 valence electrons. The largest absolute Gasteiger partial charge is 0.343 e. The number of nitrogens with one attached hydrogen (secondary N) is 2. The molecule has 0 aliphatic rings. The van der Waals surface area contributed by atoms with Crippen molar-refractivity contribution in [3.8, 4) is 0 Å². The van der Waals surface area contributed by atoms with Gasteiger partial charge in [0.1, 0.15) is 5.82 Å². The summed E-state index contributed by atoms with van der Waals surface area (Å²) >= 11 is 11.7. The molecule has 0 aliphatic heterocycles. The Balaban J connectivity index is 1.94. The first-order valence-electron chi connectivity index (χ1n) is 6.66. The summed E-state index contributed by atoms with van der Waals surface area (Å²) in [5.41, 5.74) is 0.996. The van der Waals surface area contributed by atoms with Crippen LogP contribution >= 0.6 is 23.2 Å². The molecule has 0 saturated carbocycles. The van der Waals surface area contributed by atoms with Crippen LogP contribution in [0.15, 0.2) is 36.4 Å². The van der Waals surface area contributed by atoms with Gasteiger partial charge in [-0.1, -0.05) is 29.3 Å². The molecule has 2 rings (SSSR count). The Hall–Kier alpha value is -2.11. The Morgan fingerprint density at radius 1 is 1.13 bits per heavy atom. The molecule has 2 aromatic carbocycles. The molecule has 0 fully saturated rings. The Morgan fingerprint density at radius 3 is 2.52 bits per heavy atom. The molecule has 23 heavy (non-hydrogen) atoms. The van der Waals surface area contributed by atoms with E-state index in [2.05, 4.69) is 10.6 Å². The van der Waals surface area contributed by atoms with Gasteiger partial charge in [0.25, 0.3) is 5.91 Å². The SMILES string of the molecule is Cc1ccc(NC(=O)CNC(=O)c2ccc(Cl)cc2Cl)c(F)c1. The van der Waals surface area contributed by atoms with Crippen LogP contribution < -0.4 is 10.6 Å². The molecule has 2 N–H and O–H groups in total. The van der Waals surface area contributed by atoms with Crippen molar-refractivity contribution in [2.75, 3.05) is 11.9 Å². The summed E-state index contributed by atoms with van der Waals surface area (Å²) in [7, 11) is 0. The quantitative estimate of drug-likeness (QED) is 0.876. The van der Waals surface area contributed by atoms with E-state index in [0.717, 1.165) is 5.56 Å². The molecule has 0 saturated heterocycles. The summed E-state index contributed by atoms with van der Waals surface area (Å²) in [5.74, 6) is -1.61. The summed E-state index contributed by atoms with van der Waals surface area (Å²) < 4.78 is 13.6. The van der Waals surface area contributed by atoms with Crippen molar-refractivity contribution in [2.45, 2.75) is 6.92 Å². The number of rotatable bonds is 4. The van der Waals surface area contributed by atoms with Crippen LogP contribution in [0.5, 0.6) is 0 Å². The van der Waals surface area contributed by atoms with Crippen LogP contribution in [0, 0.1) is 12.7 Å². The van der Waals surface area contributed by atoms with Crippen molar-refractivity contribution in [3.05, 3.63) is 63.4 Å². The fraction of sp³-hybridized carbons (Fsp3) is 0.125. The second kappa shape index (κ2) is 7.44. The maximum atomic E-state index is 13.6. The van der Waals surface area contributed by atoms with Crippen molar-refractivity contribution in [2.24, 2.45) is 0 Å². The zero-order chi connectivity index (χ0) is 17.0. The maximum Gasteiger partial charge on any atom is 0.253 e. The molecule has 0 aromatic heterocycles. The van der Waals surface area contributed by atoms with Gasteiger partial charge in [-0.05, 0) is 42.8 Å². The predicted molar refractivity (Wildman–Crippen MR) is 88.6 cm³/mol. The van der Waals surface area contributed by atoms with Gasteiger partial charge in [0, 0.05) is 5.02 Å². The van der Waals surface area contributed by atoms with Crippen LogP contribution in [-0.2, 0) is 4.79 Å². The molecule has 7 heteroatoms. The lowest BCUT2D eigenvalue weighted by Crippen LogP contribution is -2.33. The highest BCUT2D eigenvalue weighted by atomic mass is 35.5. The van der Waals surface area contributed by atoms with E-state index in [1.807, 2.05) is 0 Å². The first-order chi connectivity index (χ1) is 10.9. The van der Waals surface area contributed by atoms with Crippen LogP contribution in [-0.4, -0.2) is 18.4 Å². The van der Waals surface area contributed by atoms with Crippen LogP contribution in [0.2, 0.25) is 10.0 Å². The van der Waals surface area contributed by atoms with Crippen molar-refractivity contribution < 1.29 is 14.0 Å². The molecule has 0 radical (unpaired) electrons. The van der Waals surface area contributed by atoms with Gasteiger partial charge in [-0.2, -0.15) is 0 Å². The lowest BCUT2D eigenvalue weighted by molar-refractivity contribution is -0.115. The molecular formula is C16H13Cl2FN2O2. The Bertz CT molecular complexity index is 766. The first kappa shape index (κ1) is 17.2. The number of hydrogen-bond acceptors (Lipinski definition) is 2. The minimum absolute atomic E-state index is 0.0550. The number of benzene rings is 2. The zero-order valence-corrected chi connectivity index (χ0v) is 13.6. The lowest BCUT2D eigenvalue weighted by Gasteiger charge is -2.09. The third-order valence-corrected chi connectivity index (χ3v) is 3.53.